The fourth-order valence-electron chi connectivity index (χ4n) is 2.47. The van der Waals surface area contributed by atoms with Gasteiger partial charge in [0.2, 0.25) is 0 Å². The number of carboxylic acids is 1. The maximum absolute atomic E-state index is 11.0. The van der Waals surface area contributed by atoms with Crippen molar-refractivity contribution in [1.29, 1.82) is 0 Å². The van der Waals surface area contributed by atoms with Crippen molar-refractivity contribution in [3.05, 3.63) is 71.3 Å². The highest BCUT2D eigenvalue weighted by Crippen LogP contribution is 2.17. The number of pyridine rings is 1. The molecule has 23 heavy (non-hydrogen) atoms. The molecule has 0 bridgehead atoms. The molecular formula is C18H17N3O2. The van der Waals surface area contributed by atoms with Gasteiger partial charge >= 0.3 is 5.97 Å². The average molecular weight is 307 g/mol. The van der Waals surface area contributed by atoms with Gasteiger partial charge in [0.15, 0.2) is 0 Å². The van der Waals surface area contributed by atoms with E-state index in [0.717, 1.165) is 18.7 Å². The fraction of sp³-hybridized carbons (Fsp3) is 0.167. The van der Waals surface area contributed by atoms with Crippen molar-refractivity contribution >= 4 is 5.97 Å². The molecule has 3 rings (SSSR count). The van der Waals surface area contributed by atoms with Crippen molar-refractivity contribution in [3.8, 4) is 11.4 Å². The number of hydrogen-bond acceptors (Lipinski definition) is 3. The molecule has 2 aromatic heterocycles. The normalized spacial score (nSPS) is 10.7. The molecule has 1 aromatic carbocycles. The Kier molecular flexibility index (Phi) is 4.19. The van der Waals surface area contributed by atoms with Crippen LogP contribution in [-0.4, -0.2) is 26.0 Å². The summed E-state index contributed by atoms with van der Waals surface area (Å²) in [6, 6.07) is 11.3. The molecule has 0 unspecified atom stereocenters. The van der Waals surface area contributed by atoms with Crippen molar-refractivity contribution in [2.24, 2.45) is 0 Å². The Hall–Kier alpha value is -2.95. The molecule has 0 fully saturated rings. The number of hydrogen-bond donors (Lipinski definition) is 2. The Balaban J connectivity index is 1.74. The number of aromatic amines is 1. The van der Waals surface area contributed by atoms with E-state index in [0.29, 0.717) is 11.4 Å². The summed E-state index contributed by atoms with van der Waals surface area (Å²) in [5, 5.41) is 9.04. The van der Waals surface area contributed by atoms with Gasteiger partial charge in [0.1, 0.15) is 11.5 Å². The molecule has 5 heteroatoms. The lowest BCUT2D eigenvalue weighted by Crippen LogP contribution is -1.98. The monoisotopic (exact) mass is 307 g/mol. The van der Waals surface area contributed by atoms with Crippen LogP contribution >= 0.6 is 0 Å². The van der Waals surface area contributed by atoms with Crippen LogP contribution in [0.2, 0.25) is 0 Å². The number of H-pyrrole nitrogens is 1. The molecule has 2 N–H and O–H groups in total. The second-order valence-corrected chi connectivity index (χ2v) is 5.39. The smallest absolute Gasteiger partial charge is 0.335 e. The van der Waals surface area contributed by atoms with Crippen LogP contribution < -0.4 is 0 Å². The minimum atomic E-state index is -0.969. The third-order valence-corrected chi connectivity index (χ3v) is 3.79. The maximum atomic E-state index is 11.0. The number of aromatic carboxylic acids is 1. The van der Waals surface area contributed by atoms with E-state index in [1.54, 1.807) is 6.20 Å². The van der Waals surface area contributed by atoms with Gasteiger partial charge in [-0.05, 0) is 36.6 Å². The summed E-state index contributed by atoms with van der Waals surface area (Å²) in [6.07, 6.45) is 4.95. The van der Waals surface area contributed by atoms with Gasteiger partial charge in [0.25, 0.3) is 0 Å². The number of benzene rings is 1. The zero-order valence-corrected chi connectivity index (χ0v) is 12.8. The summed E-state index contributed by atoms with van der Waals surface area (Å²) in [6.45, 7) is 2.10. The number of aromatic nitrogens is 3. The first-order valence-corrected chi connectivity index (χ1v) is 7.42. The number of rotatable bonds is 5. The fourth-order valence-corrected chi connectivity index (χ4v) is 2.47. The summed E-state index contributed by atoms with van der Waals surface area (Å²) in [5.74, 6) is -0.102. The lowest BCUT2D eigenvalue weighted by Gasteiger charge is -2.03. The Bertz CT molecular complexity index is 840. The van der Waals surface area contributed by atoms with Gasteiger partial charge in [0, 0.05) is 18.8 Å². The summed E-state index contributed by atoms with van der Waals surface area (Å²) in [7, 11) is 0. The van der Waals surface area contributed by atoms with Crippen molar-refractivity contribution in [3.63, 3.8) is 0 Å². The first-order valence-electron chi connectivity index (χ1n) is 7.42. The van der Waals surface area contributed by atoms with E-state index in [9.17, 15) is 4.79 Å². The molecule has 0 amide bonds. The molecule has 0 aliphatic carbocycles. The number of carboxylic acid groups (broad SMARTS) is 1. The average Bonchev–Trinajstić information content (AvgIpc) is 3.03. The van der Waals surface area contributed by atoms with Crippen LogP contribution in [0.15, 0.2) is 48.8 Å². The first-order chi connectivity index (χ1) is 11.1. The van der Waals surface area contributed by atoms with Crippen LogP contribution in [0.5, 0.6) is 0 Å². The van der Waals surface area contributed by atoms with E-state index in [4.69, 9.17) is 5.11 Å². The first kappa shape index (κ1) is 15.0. The lowest BCUT2D eigenvalue weighted by molar-refractivity contribution is 0.0697. The maximum Gasteiger partial charge on any atom is 0.335 e. The molecule has 3 aromatic rings. The third-order valence-electron chi connectivity index (χ3n) is 3.79. The molecule has 0 saturated heterocycles. The van der Waals surface area contributed by atoms with E-state index in [1.165, 1.54) is 29.5 Å². The summed E-state index contributed by atoms with van der Waals surface area (Å²) < 4.78 is 0. The predicted octanol–water partition coefficient (Wildman–Crippen LogP) is 3.26. The van der Waals surface area contributed by atoms with Crippen molar-refractivity contribution in [2.45, 2.75) is 19.8 Å². The second-order valence-electron chi connectivity index (χ2n) is 5.39. The highest BCUT2D eigenvalue weighted by Gasteiger charge is 2.09. The lowest BCUT2D eigenvalue weighted by atomic mass is 10.0. The highest BCUT2D eigenvalue weighted by molar-refractivity contribution is 5.88. The Morgan fingerprint density at radius 3 is 2.78 bits per heavy atom. The predicted molar refractivity (Wildman–Crippen MR) is 87.4 cm³/mol. The largest absolute Gasteiger partial charge is 0.478 e. The van der Waals surface area contributed by atoms with Gasteiger partial charge in [-0.1, -0.05) is 24.3 Å². The van der Waals surface area contributed by atoms with Gasteiger partial charge < -0.3 is 10.1 Å². The Morgan fingerprint density at radius 1 is 1.17 bits per heavy atom. The number of carbonyl (C=O) groups is 1. The van der Waals surface area contributed by atoms with E-state index >= 15 is 0 Å². The van der Waals surface area contributed by atoms with Crippen LogP contribution in [-0.2, 0) is 12.8 Å². The van der Waals surface area contributed by atoms with Crippen LogP contribution in [0.4, 0.5) is 0 Å². The van der Waals surface area contributed by atoms with Crippen molar-refractivity contribution < 1.29 is 9.90 Å². The minimum Gasteiger partial charge on any atom is -0.478 e. The van der Waals surface area contributed by atoms with E-state index in [1.807, 2.05) is 12.1 Å². The van der Waals surface area contributed by atoms with Gasteiger partial charge in [0.05, 0.1) is 11.3 Å². The van der Waals surface area contributed by atoms with E-state index < -0.39 is 5.97 Å². The molecule has 0 saturated carbocycles. The molecule has 116 valence electrons. The molecule has 2 heterocycles. The standard InChI is InChI=1S/C18H17N3O2/c1-12-4-2-3-5-13(12)6-7-17-20-11-16(21-17)15-10-14(18(22)23)8-9-19-15/h2-5,8-11H,6-7H2,1H3,(H,20,21)(H,22,23). The second kappa shape index (κ2) is 6.44. The van der Waals surface area contributed by atoms with Gasteiger partial charge in [-0.25, -0.2) is 9.78 Å². The van der Waals surface area contributed by atoms with Crippen LogP contribution in [0.3, 0.4) is 0 Å². The Morgan fingerprint density at radius 2 is 2.00 bits per heavy atom. The Labute approximate surface area is 134 Å². The van der Waals surface area contributed by atoms with Gasteiger partial charge in [-0.3, -0.25) is 4.98 Å². The molecule has 0 aliphatic rings. The van der Waals surface area contributed by atoms with Crippen LogP contribution in [0, 0.1) is 6.92 Å². The summed E-state index contributed by atoms with van der Waals surface area (Å²) >= 11 is 0. The molecule has 0 spiro atoms. The molecule has 0 radical (unpaired) electrons. The summed E-state index contributed by atoms with van der Waals surface area (Å²) in [4.78, 5) is 22.9. The quantitative estimate of drug-likeness (QED) is 0.758. The van der Waals surface area contributed by atoms with E-state index in [2.05, 4.69) is 34.0 Å². The number of nitrogens with zero attached hydrogens (tertiary/aromatic N) is 2. The number of nitrogens with one attached hydrogen (secondary N) is 1. The van der Waals surface area contributed by atoms with Crippen molar-refractivity contribution in [2.75, 3.05) is 0 Å². The number of imidazole rings is 1. The molecule has 0 atom stereocenters. The van der Waals surface area contributed by atoms with Crippen LogP contribution in [0.25, 0.3) is 11.4 Å². The topological polar surface area (TPSA) is 78.9 Å². The third kappa shape index (κ3) is 3.45. The molecular weight excluding hydrogens is 290 g/mol. The molecule has 5 nitrogen and oxygen atoms in total. The minimum absolute atomic E-state index is 0.208. The highest BCUT2D eigenvalue weighted by atomic mass is 16.4. The number of aryl methyl sites for hydroxylation is 3. The zero-order chi connectivity index (χ0) is 16.2. The van der Waals surface area contributed by atoms with E-state index in [-0.39, 0.29) is 5.56 Å². The van der Waals surface area contributed by atoms with Crippen LogP contribution in [0.1, 0.15) is 27.3 Å². The summed E-state index contributed by atoms with van der Waals surface area (Å²) in [5.41, 5.74) is 4.00. The molecule has 0 aliphatic heterocycles. The van der Waals surface area contributed by atoms with Gasteiger partial charge in [-0.15, -0.1) is 0 Å². The zero-order valence-electron chi connectivity index (χ0n) is 12.8. The van der Waals surface area contributed by atoms with Crippen molar-refractivity contribution in [1.82, 2.24) is 15.0 Å². The SMILES string of the molecule is Cc1ccccc1CCc1nc(-c2cc(C(=O)O)ccn2)c[nH]1. The van der Waals surface area contributed by atoms with Gasteiger partial charge in [-0.2, -0.15) is 0 Å².